The monoisotopic (exact) mass is 239 g/mol. The molecule has 4 heteroatoms. The molecule has 2 atom stereocenters. The highest BCUT2D eigenvalue weighted by atomic mass is 16.5. The Labute approximate surface area is 102 Å². The van der Waals surface area contributed by atoms with Crippen molar-refractivity contribution in [2.24, 2.45) is 5.92 Å². The van der Waals surface area contributed by atoms with Gasteiger partial charge in [0, 0.05) is 26.3 Å². The number of ether oxygens (including phenoxy) is 1. The summed E-state index contributed by atoms with van der Waals surface area (Å²) in [6.07, 6.45) is 0. The SMILES string of the molecule is COCC(C)CNC(C)c1c(O)cccc1O. The first-order valence-corrected chi connectivity index (χ1v) is 5.79. The van der Waals surface area contributed by atoms with Gasteiger partial charge in [-0.15, -0.1) is 0 Å². The maximum Gasteiger partial charge on any atom is 0.124 e. The second-order valence-electron chi connectivity index (χ2n) is 4.40. The van der Waals surface area contributed by atoms with Gasteiger partial charge < -0.3 is 20.3 Å². The standard InChI is InChI=1S/C13H21NO3/c1-9(8-17-3)7-14-10(2)13-11(15)5-4-6-12(13)16/h4-6,9-10,14-16H,7-8H2,1-3H3. The van der Waals surface area contributed by atoms with E-state index in [4.69, 9.17) is 4.74 Å². The summed E-state index contributed by atoms with van der Waals surface area (Å²) in [6, 6.07) is 4.67. The van der Waals surface area contributed by atoms with E-state index in [1.54, 1.807) is 25.3 Å². The Morgan fingerprint density at radius 1 is 1.24 bits per heavy atom. The molecule has 0 aliphatic rings. The van der Waals surface area contributed by atoms with Crippen molar-refractivity contribution < 1.29 is 14.9 Å². The smallest absolute Gasteiger partial charge is 0.124 e. The van der Waals surface area contributed by atoms with Crippen LogP contribution in [-0.4, -0.2) is 30.5 Å². The van der Waals surface area contributed by atoms with Crippen LogP contribution < -0.4 is 5.32 Å². The highest BCUT2D eigenvalue weighted by molar-refractivity contribution is 5.44. The Morgan fingerprint density at radius 2 is 1.82 bits per heavy atom. The minimum Gasteiger partial charge on any atom is -0.507 e. The van der Waals surface area contributed by atoms with Crippen molar-refractivity contribution >= 4 is 0 Å². The Bertz CT molecular complexity index is 334. The topological polar surface area (TPSA) is 61.7 Å². The van der Waals surface area contributed by atoms with Crippen LogP contribution in [0, 0.1) is 5.92 Å². The van der Waals surface area contributed by atoms with E-state index in [-0.39, 0.29) is 17.5 Å². The third-order valence-corrected chi connectivity index (χ3v) is 2.72. The fourth-order valence-corrected chi connectivity index (χ4v) is 1.81. The van der Waals surface area contributed by atoms with Gasteiger partial charge in [0.05, 0.1) is 5.56 Å². The lowest BCUT2D eigenvalue weighted by molar-refractivity contribution is 0.157. The fraction of sp³-hybridized carbons (Fsp3) is 0.538. The number of rotatable bonds is 6. The Kier molecular flexibility index (Phi) is 5.25. The minimum absolute atomic E-state index is 0.101. The predicted octanol–water partition coefficient (Wildman–Crippen LogP) is 2.03. The molecule has 0 spiro atoms. The van der Waals surface area contributed by atoms with Crippen LogP contribution in [-0.2, 0) is 4.74 Å². The number of phenolic OH excluding ortho intramolecular Hbond substituents is 2. The molecular weight excluding hydrogens is 218 g/mol. The summed E-state index contributed by atoms with van der Waals surface area (Å²) < 4.78 is 5.05. The summed E-state index contributed by atoms with van der Waals surface area (Å²) in [4.78, 5) is 0. The summed E-state index contributed by atoms with van der Waals surface area (Å²) in [5.41, 5.74) is 0.539. The van der Waals surface area contributed by atoms with E-state index in [0.29, 0.717) is 18.1 Å². The number of benzene rings is 1. The predicted molar refractivity (Wildman–Crippen MR) is 67.2 cm³/mol. The van der Waals surface area contributed by atoms with Gasteiger partial charge in [-0.25, -0.2) is 0 Å². The molecule has 1 aromatic rings. The van der Waals surface area contributed by atoms with Crippen LogP contribution in [0.25, 0.3) is 0 Å². The molecule has 0 radical (unpaired) electrons. The zero-order valence-electron chi connectivity index (χ0n) is 10.6. The van der Waals surface area contributed by atoms with Crippen LogP contribution in [0.15, 0.2) is 18.2 Å². The molecule has 1 aromatic carbocycles. The van der Waals surface area contributed by atoms with Crippen LogP contribution in [0.3, 0.4) is 0 Å². The van der Waals surface area contributed by atoms with E-state index in [1.165, 1.54) is 0 Å². The number of phenols is 2. The van der Waals surface area contributed by atoms with Gasteiger partial charge in [-0.1, -0.05) is 13.0 Å². The Hall–Kier alpha value is -1.26. The lowest BCUT2D eigenvalue weighted by atomic mass is 10.0. The molecule has 4 nitrogen and oxygen atoms in total. The van der Waals surface area contributed by atoms with Crippen molar-refractivity contribution in [3.05, 3.63) is 23.8 Å². The lowest BCUT2D eigenvalue weighted by Gasteiger charge is -2.19. The summed E-state index contributed by atoms with van der Waals surface area (Å²) >= 11 is 0. The van der Waals surface area contributed by atoms with Gasteiger partial charge >= 0.3 is 0 Å². The van der Waals surface area contributed by atoms with E-state index in [1.807, 2.05) is 6.92 Å². The third-order valence-electron chi connectivity index (χ3n) is 2.72. The summed E-state index contributed by atoms with van der Waals surface area (Å²) in [5, 5.41) is 22.7. The molecule has 0 aromatic heterocycles. The maximum atomic E-state index is 9.71. The third kappa shape index (κ3) is 3.91. The van der Waals surface area contributed by atoms with Crippen molar-refractivity contribution in [1.82, 2.24) is 5.32 Å². The molecule has 0 bridgehead atoms. The largest absolute Gasteiger partial charge is 0.507 e. The van der Waals surface area contributed by atoms with Crippen LogP contribution in [0.2, 0.25) is 0 Å². The van der Waals surface area contributed by atoms with Gasteiger partial charge in [0.15, 0.2) is 0 Å². The molecule has 96 valence electrons. The Balaban J connectivity index is 2.61. The molecule has 17 heavy (non-hydrogen) atoms. The van der Waals surface area contributed by atoms with Gasteiger partial charge in [0.1, 0.15) is 11.5 Å². The number of aromatic hydroxyl groups is 2. The number of hydrogen-bond acceptors (Lipinski definition) is 4. The van der Waals surface area contributed by atoms with Gasteiger partial charge in [-0.3, -0.25) is 0 Å². The molecule has 0 saturated heterocycles. The van der Waals surface area contributed by atoms with Crippen LogP contribution in [0.4, 0.5) is 0 Å². The van der Waals surface area contributed by atoms with Crippen molar-refractivity contribution in [2.75, 3.05) is 20.3 Å². The number of hydrogen-bond donors (Lipinski definition) is 3. The maximum absolute atomic E-state index is 9.71. The molecule has 2 unspecified atom stereocenters. The van der Waals surface area contributed by atoms with Crippen LogP contribution in [0.1, 0.15) is 25.5 Å². The quantitative estimate of drug-likeness (QED) is 0.711. The van der Waals surface area contributed by atoms with Gasteiger partial charge in [-0.05, 0) is 25.0 Å². The van der Waals surface area contributed by atoms with Crippen molar-refractivity contribution in [3.8, 4) is 11.5 Å². The molecule has 3 N–H and O–H groups in total. The lowest BCUT2D eigenvalue weighted by Crippen LogP contribution is -2.26. The highest BCUT2D eigenvalue weighted by Crippen LogP contribution is 2.32. The van der Waals surface area contributed by atoms with E-state index in [2.05, 4.69) is 12.2 Å². The average molecular weight is 239 g/mol. The van der Waals surface area contributed by atoms with Gasteiger partial charge in [0.25, 0.3) is 0 Å². The van der Waals surface area contributed by atoms with Crippen molar-refractivity contribution in [2.45, 2.75) is 19.9 Å². The zero-order chi connectivity index (χ0) is 12.8. The summed E-state index contributed by atoms with van der Waals surface area (Å²) in [6.45, 7) is 5.44. The number of nitrogens with one attached hydrogen (secondary N) is 1. The summed E-state index contributed by atoms with van der Waals surface area (Å²) in [7, 11) is 1.68. The first-order chi connectivity index (χ1) is 8.06. The molecule has 0 aliphatic heterocycles. The minimum atomic E-state index is -0.101. The van der Waals surface area contributed by atoms with Gasteiger partial charge in [-0.2, -0.15) is 0 Å². The molecular formula is C13H21NO3. The zero-order valence-corrected chi connectivity index (χ0v) is 10.6. The number of methoxy groups -OCH3 is 1. The first-order valence-electron chi connectivity index (χ1n) is 5.79. The van der Waals surface area contributed by atoms with E-state index < -0.39 is 0 Å². The van der Waals surface area contributed by atoms with Gasteiger partial charge in [0.2, 0.25) is 0 Å². The van der Waals surface area contributed by atoms with Crippen LogP contribution >= 0.6 is 0 Å². The van der Waals surface area contributed by atoms with Crippen LogP contribution in [0.5, 0.6) is 11.5 Å². The van der Waals surface area contributed by atoms with Crippen molar-refractivity contribution in [3.63, 3.8) is 0 Å². The molecule has 0 amide bonds. The molecule has 0 aliphatic carbocycles. The molecule has 0 saturated carbocycles. The normalized spacial score (nSPS) is 14.5. The molecule has 0 fully saturated rings. The second kappa shape index (κ2) is 6.47. The van der Waals surface area contributed by atoms with Crippen molar-refractivity contribution in [1.29, 1.82) is 0 Å². The fourth-order valence-electron chi connectivity index (χ4n) is 1.81. The highest BCUT2D eigenvalue weighted by Gasteiger charge is 2.15. The van der Waals surface area contributed by atoms with E-state index >= 15 is 0 Å². The Morgan fingerprint density at radius 3 is 2.35 bits per heavy atom. The molecule has 0 heterocycles. The van der Waals surface area contributed by atoms with E-state index in [9.17, 15) is 10.2 Å². The first kappa shape index (κ1) is 13.8. The molecule has 1 rings (SSSR count). The summed E-state index contributed by atoms with van der Waals surface area (Å²) in [5.74, 6) is 0.615. The van der Waals surface area contributed by atoms with E-state index in [0.717, 1.165) is 6.54 Å². The average Bonchev–Trinajstić information content (AvgIpc) is 2.26. The second-order valence-corrected chi connectivity index (χ2v) is 4.40.